The number of carbonyl (C=O) groups excluding carboxylic acids is 2. The lowest BCUT2D eigenvalue weighted by Gasteiger charge is -2.07. The Morgan fingerprint density at radius 1 is 1.26 bits per heavy atom. The highest BCUT2D eigenvalue weighted by atomic mass is 79.9. The molecule has 0 atom stereocenters. The second-order valence-electron chi connectivity index (χ2n) is 4.27. The summed E-state index contributed by atoms with van der Waals surface area (Å²) in [5.74, 6) is -0.871. The zero-order valence-corrected chi connectivity index (χ0v) is 14.0. The SMILES string of the molecule is Nc1cc(=O)[nH]c(SCC(=O)NNC(=O)c2ccc(Br)cc2)n1. The Labute approximate surface area is 143 Å². The molecule has 2 rings (SSSR count). The van der Waals surface area contributed by atoms with E-state index in [1.807, 2.05) is 0 Å². The Bertz CT molecular complexity index is 778. The van der Waals surface area contributed by atoms with Crippen LogP contribution in [0.1, 0.15) is 10.4 Å². The van der Waals surface area contributed by atoms with Gasteiger partial charge in [-0.15, -0.1) is 0 Å². The molecule has 1 aromatic carbocycles. The topological polar surface area (TPSA) is 130 Å². The van der Waals surface area contributed by atoms with Crippen LogP contribution in [0, 0.1) is 0 Å². The number of benzene rings is 1. The minimum Gasteiger partial charge on any atom is -0.383 e. The average Bonchev–Trinajstić information content (AvgIpc) is 2.50. The summed E-state index contributed by atoms with van der Waals surface area (Å²) in [4.78, 5) is 41.0. The minimum absolute atomic E-state index is 0.0486. The van der Waals surface area contributed by atoms with Gasteiger partial charge in [0.25, 0.3) is 11.5 Å². The number of hydrogen-bond acceptors (Lipinski definition) is 6. The highest BCUT2D eigenvalue weighted by molar-refractivity contribution is 9.10. The lowest BCUT2D eigenvalue weighted by molar-refractivity contribution is -0.119. The van der Waals surface area contributed by atoms with Crippen LogP contribution in [0.25, 0.3) is 0 Å². The second kappa shape index (κ2) is 7.79. The zero-order chi connectivity index (χ0) is 16.8. The van der Waals surface area contributed by atoms with Crippen LogP contribution < -0.4 is 22.1 Å². The van der Waals surface area contributed by atoms with Crippen LogP contribution in [0.3, 0.4) is 0 Å². The maximum atomic E-state index is 11.8. The first kappa shape index (κ1) is 17.0. The van der Waals surface area contributed by atoms with Gasteiger partial charge in [-0.05, 0) is 24.3 Å². The molecule has 10 heteroatoms. The molecule has 0 fully saturated rings. The third kappa shape index (κ3) is 5.42. The summed E-state index contributed by atoms with van der Waals surface area (Å²) in [6.45, 7) is 0. The molecule has 0 unspecified atom stereocenters. The molecule has 8 nitrogen and oxygen atoms in total. The number of hydrogen-bond donors (Lipinski definition) is 4. The van der Waals surface area contributed by atoms with Gasteiger partial charge in [-0.2, -0.15) is 0 Å². The van der Waals surface area contributed by atoms with Crippen molar-refractivity contribution in [2.45, 2.75) is 5.16 Å². The number of anilines is 1. The molecule has 0 radical (unpaired) electrons. The fourth-order valence-corrected chi connectivity index (χ4v) is 2.44. The van der Waals surface area contributed by atoms with Gasteiger partial charge in [0, 0.05) is 16.1 Å². The van der Waals surface area contributed by atoms with Gasteiger partial charge in [0.1, 0.15) is 5.82 Å². The van der Waals surface area contributed by atoms with Gasteiger partial charge in [-0.25, -0.2) is 4.98 Å². The molecule has 0 bridgehead atoms. The molecule has 0 aliphatic heterocycles. The molecular weight excluding hydrogens is 386 g/mol. The van der Waals surface area contributed by atoms with Gasteiger partial charge >= 0.3 is 0 Å². The fraction of sp³-hybridized carbons (Fsp3) is 0.0769. The van der Waals surface area contributed by atoms with Crippen LogP contribution >= 0.6 is 27.7 Å². The van der Waals surface area contributed by atoms with E-state index in [2.05, 4.69) is 36.7 Å². The summed E-state index contributed by atoms with van der Waals surface area (Å²) in [7, 11) is 0. The third-order valence-electron chi connectivity index (χ3n) is 2.50. The van der Waals surface area contributed by atoms with Crippen LogP contribution in [0.4, 0.5) is 5.82 Å². The fourth-order valence-electron chi connectivity index (χ4n) is 1.49. The van der Waals surface area contributed by atoms with Gasteiger partial charge in [0.2, 0.25) is 5.91 Å². The maximum absolute atomic E-state index is 11.8. The molecule has 5 N–H and O–H groups in total. The van der Waals surface area contributed by atoms with Crippen molar-refractivity contribution in [3.05, 3.63) is 50.7 Å². The first-order chi connectivity index (χ1) is 10.9. The van der Waals surface area contributed by atoms with E-state index in [0.29, 0.717) is 5.56 Å². The summed E-state index contributed by atoms with van der Waals surface area (Å²) >= 11 is 4.26. The van der Waals surface area contributed by atoms with E-state index in [1.54, 1.807) is 24.3 Å². The maximum Gasteiger partial charge on any atom is 0.269 e. The highest BCUT2D eigenvalue weighted by Crippen LogP contribution is 2.11. The van der Waals surface area contributed by atoms with Crippen molar-refractivity contribution in [1.29, 1.82) is 0 Å². The number of aromatic amines is 1. The smallest absolute Gasteiger partial charge is 0.269 e. The van der Waals surface area contributed by atoms with Gasteiger partial charge < -0.3 is 10.7 Å². The molecule has 1 heterocycles. The van der Waals surface area contributed by atoms with Crippen LogP contribution in [-0.2, 0) is 4.79 Å². The quantitative estimate of drug-likeness (QED) is 0.340. The van der Waals surface area contributed by atoms with Crippen molar-refractivity contribution < 1.29 is 9.59 Å². The number of nitrogen functional groups attached to an aromatic ring is 1. The third-order valence-corrected chi connectivity index (χ3v) is 3.90. The summed E-state index contributed by atoms with van der Waals surface area (Å²) in [5.41, 5.74) is 10.0. The molecule has 0 aliphatic carbocycles. The monoisotopic (exact) mass is 397 g/mol. The number of carbonyl (C=O) groups is 2. The Balaban J connectivity index is 1.82. The number of thioether (sulfide) groups is 1. The van der Waals surface area contributed by atoms with E-state index in [-0.39, 0.29) is 16.7 Å². The summed E-state index contributed by atoms with van der Waals surface area (Å²) in [6, 6.07) is 7.80. The number of nitrogens with one attached hydrogen (secondary N) is 3. The van der Waals surface area contributed by atoms with Crippen molar-refractivity contribution in [3.8, 4) is 0 Å². The van der Waals surface area contributed by atoms with E-state index in [9.17, 15) is 14.4 Å². The van der Waals surface area contributed by atoms with E-state index in [0.717, 1.165) is 22.3 Å². The first-order valence-electron chi connectivity index (χ1n) is 6.28. The number of hydrazine groups is 1. The van der Waals surface area contributed by atoms with Crippen molar-refractivity contribution in [2.75, 3.05) is 11.5 Å². The molecule has 0 saturated carbocycles. The van der Waals surface area contributed by atoms with Gasteiger partial charge in [-0.3, -0.25) is 25.2 Å². The van der Waals surface area contributed by atoms with Crippen LogP contribution in [0.2, 0.25) is 0 Å². The molecule has 0 spiro atoms. The normalized spacial score (nSPS) is 10.1. The van der Waals surface area contributed by atoms with E-state index >= 15 is 0 Å². The Morgan fingerprint density at radius 3 is 2.61 bits per heavy atom. The number of aromatic nitrogens is 2. The second-order valence-corrected chi connectivity index (χ2v) is 6.15. The molecule has 2 amide bonds. The van der Waals surface area contributed by atoms with Crippen molar-refractivity contribution in [2.24, 2.45) is 0 Å². The summed E-state index contributed by atoms with van der Waals surface area (Å²) in [6.07, 6.45) is 0. The molecule has 23 heavy (non-hydrogen) atoms. The number of H-pyrrole nitrogens is 1. The van der Waals surface area contributed by atoms with E-state index in [1.165, 1.54) is 0 Å². The first-order valence-corrected chi connectivity index (χ1v) is 8.06. The van der Waals surface area contributed by atoms with Crippen molar-refractivity contribution in [3.63, 3.8) is 0 Å². The molecule has 0 aliphatic rings. The average molecular weight is 398 g/mol. The Hall–Kier alpha value is -2.33. The van der Waals surface area contributed by atoms with Gasteiger partial charge in [0.15, 0.2) is 5.16 Å². The predicted molar refractivity (Wildman–Crippen MR) is 89.7 cm³/mol. The van der Waals surface area contributed by atoms with Crippen LogP contribution in [-0.4, -0.2) is 27.5 Å². The van der Waals surface area contributed by atoms with Gasteiger partial charge in [0.05, 0.1) is 5.75 Å². The zero-order valence-electron chi connectivity index (χ0n) is 11.6. The number of halogens is 1. The molecule has 1 aromatic heterocycles. The minimum atomic E-state index is -0.453. The number of amides is 2. The molecular formula is C13H12BrN5O3S. The van der Waals surface area contributed by atoms with E-state index in [4.69, 9.17) is 5.73 Å². The number of nitrogens with two attached hydrogens (primary N) is 1. The summed E-state index contributed by atoms with van der Waals surface area (Å²) < 4.78 is 0.845. The van der Waals surface area contributed by atoms with Crippen molar-refractivity contribution in [1.82, 2.24) is 20.8 Å². The van der Waals surface area contributed by atoms with Gasteiger partial charge in [-0.1, -0.05) is 27.7 Å². The number of rotatable bonds is 4. The van der Waals surface area contributed by atoms with Crippen molar-refractivity contribution >= 4 is 45.3 Å². The Morgan fingerprint density at radius 2 is 1.96 bits per heavy atom. The lowest BCUT2D eigenvalue weighted by Crippen LogP contribution is -2.42. The van der Waals surface area contributed by atoms with Crippen LogP contribution in [0.5, 0.6) is 0 Å². The largest absolute Gasteiger partial charge is 0.383 e. The standard InChI is InChI=1S/C13H12BrN5O3S/c14-8-3-1-7(2-4-8)12(22)19-18-11(21)6-23-13-16-9(15)5-10(20)17-13/h1-5H,6H2,(H,18,21)(H,19,22)(H3,15,16,17,20). The lowest BCUT2D eigenvalue weighted by atomic mass is 10.2. The predicted octanol–water partition coefficient (Wildman–Crippen LogP) is 0.668. The molecule has 2 aromatic rings. The molecule has 120 valence electrons. The van der Waals surface area contributed by atoms with Crippen LogP contribution in [0.15, 0.2) is 44.8 Å². The summed E-state index contributed by atoms with van der Waals surface area (Å²) in [5, 5.41) is 0.226. The van der Waals surface area contributed by atoms with E-state index < -0.39 is 17.4 Å². The Kier molecular flexibility index (Phi) is 5.77. The highest BCUT2D eigenvalue weighted by Gasteiger charge is 2.08. The molecule has 0 saturated heterocycles. The number of nitrogens with zero attached hydrogens (tertiary/aromatic N) is 1.